The molecule has 0 radical (unpaired) electrons. The van der Waals surface area contributed by atoms with Gasteiger partial charge in [0, 0.05) is 0 Å². The Kier molecular flexibility index (Phi) is 6.43. The van der Waals surface area contributed by atoms with Gasteiger partial charge in [0.2, 0.25) is 0 Å². The van der Waals surface area contributed by atoms with E-state index >= 15 is 0 Å². The highest BCUT2D eigenvalue weighted by Crippen LogP contribution is 2.40. The van der Waals surface area contributed by atoms with Gasteiger partial charge in [0.15, 0.2) is 0 Å². The summed E-state index contributed by atoms with van der Waals surface area (Å²) in [5.74, 6) is 0.235. The summed E-state index contributed by atoms with van der Waals surface area (Å²) in [7, 11) is -4.28. The molecule has 0 saturated heterocycles. The van der Waals surface area contributed by atoms with Crippen molar-refractivity contribution in [2.24, 2.45) is 0 Å². The summed E-state index contributed by atoms with van der Waals surface area (Å²) in [6.45, 7) is 14.9. The largest absolute Gasteiger partial charge is 0.294 e. The molecule has 3 nitrogen and oxygen atoms in total. The van der Waals surface area contributed by atoms with Crippen molar-refractivity contribution in [2.45, 2.75) is 90.4 Å². The SMILES string of the molecule is CCCC(C)c1c(CC)c(S(=O)(=O)O)cc2c(C)c(C(C)(C)CC)ccc12. The highest BCUT2D eigenvalue weighted by Gasteiger charge is 2.26. The van der Waals surface area contributed by atoms with E-state index in [1.807, 2.05) is 6.92 Å². The number of benzene rings is 2. The summed E-state index contributed by atoms with van der Waals surface area (Å²) in [6.07, 6.45) is 3.59. The quantitative estimate of drug-likeness (QED) is 0.545. The molecule has 0 aliphatic heterocycles. The number of hydrogen-bond acceptors (Lipinski definition) is 2. The smallest absolute Gasteiger partial charge is 0.282 e. The van der Waals surface area contributed by atoms with Crippen LogP contribution in [0.2, 0.25) is 0 Å². The van der Waals surface area contributed by atoms with Crippen LogP contribution >= 0.6 is 0 Å². The van der Waals surface area contributed by atoms with E-state index in [1.165, 1.54) is 5.56 Å². The summed E-state index contributed by atoms with van der Waals surface area (Å²) < 4.78 is 34.3. The maximum absolute atomic E-state index is 12.2. The summed E-state index contributed by atoms with van der Waals surface area (Å²) in [6, 6.07) is 6.05. The summed E-state index contributed by atoms with van der Waals surface area (Å²) >= 11 is 0. The fraction of sp³-hybridized carbons (Fsp3) is 0.565. The van der Waals surface area contributed by atoms with Crippen LogP contribution in [0.1, 0.15) is 89.0 Å². The first-order chi connectivity index (χ1) is 12.5. The lowest BCUT2D eigenvalue weighted by molar-refractivity contribution is 0.482. The molecular weight excluding hydrogens is 356 g/mol. The minimum Gasteiger partial charge on any atom is -0.282 e. The molecule has 1 N–H and O–H groups in total. The molecule has 1 atom stereocenters. The van der Waals surface area contributed by atoms with E-state index in [2.05, 4.69) is 53.7 Å². The molecule has 0 spiro atoms. The number of fused-ring (bicyclic) bond motifs is 1. The fourth-order valence-corrected chi connectivity index (χ4v) is 5.15. The van der Waals surface area contributed by atoms with Crippen LogP contribution in [0, 0.1) is 6.92 Å². The molecule has 2 rings (SSSR count). The molecule has 150 valence electrons. The van der Waals surface area contributed by atoms with Gasteiger partial charge in [-0.15, -0.1) is 0 Å². The molecule has 2 aromatic rings. The third-order valence-corrected chi connectivity index (χ3v) is 7.08. The van der Waals surface area contributed by atoms with Crippen molar-refractivity contribution >= 4 is 20.9 Å². The molecule has 0 aromatic heterocycles. The van der Waals surface area contributed by atoms with Crippen molar-refractivity contribution in [3.05, 3.63) is 40.5 Å². The maximum Gasteiger partial charge on any atom is 0.294 e. The zero-order valence-corrected chi connectivity index (χ0v) is 18.6. The molecule has 1 unspecified atom stereocenters. The summed E-state index contributed by atoms with van der Waals surface area (Å²) in [5, 5.41) is 2.06. The van der Waals surface area contributed by atoms with E-state index in [4.69, 9.17) is 0 Å². The van der Waals surface area contributed by atoms with Gasteiger partial charge in [-0.2, -0.15) is 8.42 Å². The third-order valence-electron chi connectivity index (χ3n) is 6.16. The molecular formula is C23H34O3S. The molecule has 0 heterocycles. The summed E-state index contributed by atoms with van der Waals surface area (Å²) in [4.78, 5) is 0.0741. The average molecular weight is 391 g/mol. The Labute approximate surface area is 164 Å². The lowest BCUT2D eigenvalue weighted by Gasteiger charge is -2.28. The third kappa shape index (κ3) is 4.07. The van der Waals surface area contributed by atoms with Gasteiger partial charge in [-0.3, -0.25) is 4.55 Å². The van der Waals surface area contributed by atoms with Gasteiger partial charge in [0.05, 0.1) is 4.90 Å². The Morgan fingerprint density at radius 1 is 1.11 bits per heavy atom. The molecule has 27 heavy (non-hydrogen) atoms. The van der Waals surface area contributed by atoms with Crippen LogP contribution < -0.4 is 0 Å². The second-order valence-corrected chi connectivity index (χ2v) is 9.75. The van der Waals surface area contributed by atoms with Crippen molar-refractivity contribution in [3.8, 4) is 0 Å². The predicted octanol–water partition coefficient (Wildman–Crippen LogP) is 6.55. The zero-order valence-electron chi connectivity index (χ0n) is 17.8. The molecule has 0 aliphatic carbocycles. The highest BCUT2D eigenvalue weighted by atomic mass is 32.2. The number of aryl methyl sites for hydroxylation is 1. The normalized spacial score (nSPS) is 13.9. The van der Waals surface area contributed by atoms with E-state index in [-0.39, 0.29) is 16.2 Å². The van der Waals surface area contributed by atoms with Crippen LogP contribution in [0.5, 0.6) is 0 Å². The van der Waals surface area contributed by atoms with Crippen LogP contribution in [-0.4, -0.2) is 13.0 Å². The lowest BCUT2D eigenvalue weighted by Crippen LogP contribution is -2.17. The van der Waals surface area contributed by atoms with Crippen LogP contribution in [0.4, 0.5) is 0 Å². The Balaban J connectivity index is 3.02. The monoisotopic (exact) mass is 390 g/mol. The van der Waals surface area contributed by atoms with Crippen molar-refractivity contribution in [2.75, 3.05) is 0 Å². The molecule has 0 aliphatic rings. The summed E-state index contributed by atoms with van der Waals surface area (Å²) in [5.41, 5.74) is 4.19. The van der Waals surface area contributed by atoms with Crippen molar-refractivity contribution in [1.82, 2.24) is 0 Å². The fourth-order valence-electron chi connectivity index (χ4n) is 4.32. The van der Waals surface area contributed by atoms with Gasteiger partial charge in [0.1, 0.15) is 0 Å². The molecule has 2 aromatic carbocycles. The first kappa shape index (κ1) is 21.9. The van der Waals surface area contributed by atoms with Gasteiger partial charge in [-0.1, -0.05) is 60.1 Å². The van der Waals surface area contributed by atoms with Gasteiger partial charge < -0.3 is 0 Å². The Hall–Kier alpha value is -1.39. The van der Waals surface area contributed by atoms with E-state index in [9.17, 15) is 13.0 Å². The molecule has 0 amide bonds. The first-order valence-electron chi connectivity index (χ1n) is 10.1. The molecule has 4 heteroatoms. The Morgan fingerprint density at radius 2 is 1.74 bits per heavy atom. The average Bonchev–Trinajstić information content (AvgIpc) is 2.59. The van der Waals surface area contributed by atoms with Crippen LogP contribution in [0.15, 0.2) is 23.1 Å². The second kappa shape index (κ2) is 7.92. The minimum atomic E-state index is -4.28. The minimum absolute atomic E-state index is 0.00908. The standard InChI is InChI=1S/C23H34O3S/c1-8-11-15(4)22-17(9-2)21(27(24,25)26)14-19-16(5)20(13-12-18(19)22)23(6,7)10-3/h12-15H,8-11H2,1-7H3,(H,24,25,26). The Bertz CT molecular complexity index is 940. The van der Waals surface area contributed by atoms with Crippen LogP contribution in [0.3, 0.4) is 0 Å². The Morgan fingerprint density at radius 3 is 2.22 bits per heavy atom. The first-order valence-corrected chi connectivity index (χ1v) is 11.5. The van der Waals surface area contributed by atoms with Gasteiger partial charge in [0.25, 0.3) is 10.1 Å². The highest BCUT2D eigenvalue weighted by molar-refractivity contribution is 7.85. The molecule has 0 saturated carbocycles. The maximum atomic E-state index is 12.2. The van der Waals surface area contributed by atoms with Crippen molar-refractivity contribution in [1.29, 1.82) is 0 Å². The van der Waals surface area contributed by atoms with Gasteiger partial charge >= 0.3 is 0 Å². The molecule has 0 fully saturated rings. The van der Waals surface area contributed by atoms with Gasteiger partial charge in [-0.25, -0.2) is 0 Å². The van der Waals surface area contributed by atoms with E-state index in [1.54, 1.807) is 6.07 Å². The van der Waals surface area contributed by atoms with Crippen molar-refractivity contribution < 1.29 is 13.0 Å². The van der Waals surface area contributed by atoms with Crippen LogP contribution in [0.25, 0.3) is 10.8 Å². The van der Waals surface area contributed by atoms with E-state index in [0.717, 1.165) is 46.7 Å². The van der Waals surface area contributed by atoms with Crippen LogP contribution in [-0.2, 0) is 22.0 Å². The number of rotatable bonds is 7. The van der Waals surface area contributed by atoms with E-state index < -0.39 is 10.1 Å². The number of hydrogen-bond donors (Lipinski definition) is 1. The second-order valence-electron chi connectivity index (χ2n) is 8.36. The van der Waals surface area contributed by atoms with E-state index in [0.29, 0.717) is 6.42 Å². The lowest BCUT2D eigenvalue weighted by atomic mass is 9.77. The zero-order chi connectivity index (χ0) is 20.6. The van der Waals surface area contributed by atoms with Gasteiger partial charge in [-0.05, 0) is 76.6 Å². The topological polar surface area (TPSA) is 54.4 Å². The molecule has 0 bridgehead atoms. The van der Waals surface area contributed by atoms with Crippen molar-refractivity contribution in [3.63, 3.8) is 0 Å². The predicted molar refractivity (Wildman–Crippen MR) is 115 cm³/mol.